The molecule has 2 N–H and O–H groups in total. The molecule has 1 atom stereocenters. The first-order valence-electron chi connectivity index (χ1n) is 5.64. The molecule has 1 unspecified atom stereocenters. The Balaban J connectivity index is 1.87. The Hall–Kier alpha value is -1.95. The molecule has 88 valence electrons. The molecular weight excluding hydrogens is 218 g/mol. The third-order valence-corrected chi connectivity index (χ3v) is 2.90. The van der Waals surface area contributed by atoms with Crippen molar-refractivity contribution in [2.75, 3.05) is 13.1 Å². The molecule has 0 aromatic carbocycles. The van der Waals surface area contributed by atoms with Crippen LogP contribution >= 0.6 is 0 Å². The van der Waals surface area contributed by atoms with Gasteiger partial charge in [0.05, 0.1) is 6.04 Å². The van der Waals surface area contributed by atoms with E-state index in [-0.39, 0.29) is 11.9 Å². The predicted molar refractivity (Wildman–Crippen MR) is 61.5 cm³/mol. The van der Waals surface area contributed by atoms with E-state index < -0.39 is 0 Å². The van der Waals surface area contributed by atoms with Crippen molar-refractivity contribution >= 4 is 11.6 Å². The van der Waals surface area contributed by atoms with E-state index in [1.807, 2.05) is 28.8 Å². The molecule has 0 aliphatic carbocycles. The van der Waals surface area contributed by atoms with E-state index in [0.29, 0.717) is 13.0 Å². The van der Waals surface area contributed by atoms with E-state index in [2.05, 4.69) is 20.8 Å². The summed E-state index contributed by atoms with van der Waals surface area (Å²) >= 11 is 0. The molecule has 0 bridgehead atoms. The van der Waals surface area contributed by atoms with Gasteiger partial charge < -0.3 is 10.6 Å². The molecule has 2 aromatic rings. The average molecular weight is 231 g/mol. The molecule has 6 heteroatoms. The van der Waals surface area contributed by atoms with Gasteiger partial charge in [0.1, 0.15) is 5.82 Å². The molecule has 0 radical (unpaired) electrons. The minimum atomic E-state index is -0.212. The lowest BCUT2D eigenvalue weighted by molar-refractivity contribution is -0.124. The Kier molecular flexibility index (Phi) is 2.49. The second-order valence-electron chi connectivity index (χ2n) is 4.05. The highest BCUT2D eigenvalue weighted by molar-refractivity contribution is 5.82. The van der Waals surface area contributed by atoms with Crippen molar-refractivity contribution in [3.8, 4) is 0 Å². The van der Waals surface area contributed by atoms with E-state index >= 15 is 0 Å². The van der Waals surface area contributed by atoms with E-state index in [1.165, 1.54) is 0 Å². The number of rotatable bonds is 2. The first kappa shape index (κ1) is 10.2. The van der Waals surface area contributed by atoms with Crippen LogP contribution in [0.4, 0.5) is 0 Å². The molecule has 3 heterocycles. The molecule has 1 saturated heterocycles. The van der Waals surface area contributed by atoms with Crippen LogP contribution in [0.1, 0.15) is 5.82 Å². The Morgan fingerprint density at radius 3 is 3.18 bits per heavy atom. The zero-order valence-electron chi connectivity index (χ0n) is 9.26. The summed E-state index contributed by atoms with van der Waals surface area (Å²) in [7, 11) is 0. The number of carbonyl (C=O) groups is 1. The second kappa shape index (κ2) is 4.14. The van der Waals surface area contributed by atoms with Crippen molar-refractivity contribution in [2.45, 2.75) is 12.5 Å². The predicted octanol–water partition coefficient (Wildman–Crippen LogP) is -0.640. The first-order chi connectivity index (χ1) is 8.34. The van der Waals surface area contributed by atoms with Crippen LogP contribution in [0.25, 0.3) is 5.65 Å². The SMILES string of the molecule is O=C1NCCNC1Cc1nnc2ccccn12. The summed E-state index contributed by atoms with van der Waals surface area (Å²) in [5.74, 6) is 0.832. The minimum absolute atomic E-state index is 0.0314. The number of nitrogens with zero attached hydrogens (tertiary/aromatic N) is 3. The summed E-state index contributed by atoms with van der Waals surface area (Å²) in [5.41, 5.74) is 0.804. The van der Waals surface area contributed by atoms with Crippen molar-refractivity contribution in [1.82, 2.24) is 25.2 Å². The van der Waals surface area contributed by atoms with E-state index in [0.717, 1.165) is 18.0 Å². The van der Waals surface area contributed by atoms with Gasteiger partial charge in [-0.2, -0.15) is 0 Å². The lowest BCUT2D eigenvalue weighted by Crippen LogP contribution is -2.53. The molecule has 1 aliphatic heterocycles. The molecule has 6 nitrogen and oxygen atoms in total. The number of fused-ring (bicyclic) bond motifs is 1. The maximum atomic E-state index is 11.6. The Bertz CT molecular complexity index is 550. The highest BCUT2D eigenvalue weighted by Gasteiger charge is 2.23. The average Bonchev–Trinajstić information content (AvgIpc) is 2.76. The molecule has 17 heavy (non-hydrogen) atoms. The Morgan fingerprint density at radius 1 is 1.35 bits per heavy atom. The second-order valence-corrected chi connectivity index (χ2v) is 4.05. The van der Waals surface area contributed by atoms with E-state index in [9.17, 15) is 4.79 Å². The number of carbonyl (C=O) groups excluding carboxylic acids is 1. The fourth-order valence-corrected chi connectivity index (χ4v) is 2.03. The van der Waals surface area contributed by atoms with Gasteiger partial charge in [-0.15, -0.1) is 10.2 Å². The third kappa shape index (κ3) is 1.87. The summed E-state index contributed by atoms with van der Waals surface area (Å²) in [6, 6.07) is 5.52. The van der Waals surface area contributed by atoms with Crippen molar-refractivity contribution in [3.05, 3.63) is 30.2 Å². The van der Waals surface area contributed by atoms with Crippen LogP contribution in [-0.2, 0) is 11.2 Å². The monoisotopic (exact) mass is 231 g/mol. The van der Waals surface area contributed by atoms with Gasteiger partial charge in [0, 0.05) is 25.7 Å². The zero-order valence-corrected chi connectivity index (χ0v) is 9.26. The van der Waals surface area contributed by atoms with Crippen LogP contribution in [0.3, 0.4) is 0 Å². The molecule has 1 amide bonds. The smallest absolute Gasteiger partial charge is 0.237 e. The van der Waals surface area contributed by atoms with Gasteiger partial charge in [0.2, 0.25) is 5.91 Å². The molecule has 0 saturated carbocycles. The largest absolute Gasteiger partial charge is 0.353 e. The summed E-state index contributed by atoms with van der Waals surface area (Å²) < 4.78 is 1.91. The Labute approximate surface area is 98.0 Å². The number of pyridine rings is 1. The van der Waals surface area contributed by atoms with Gasteiger partial charge in [-0.1, -0.05) is 6.07 Å². The molecule has 3 rings (SSSR count). The topological polar surface area (TPSA) is 71.3 Å². The van der Waals surface area contributed by atoms with E-state index in [1.54, 1.807) is 0 Å². The lowest BCUT2D eigenvalue weighted by atomic mass is 10.1. The zero-order chi connectivity index (χ0) is 11.7. The number of nitrogens with one attached hydrogen (secondary N) is 2. The van der Waals surface area contributed by atoms with Gasteiger partial charge in [-0.25, -0.2) is 0 Å². The van der Waals surface area contributed by atoms with Gasteiger partial charge >= 0.3 is 0 Å². The van der Waals surface area contributed by atoms with Crippen LogP contribution in [-0.4, -0.2) is 39.6 Å². The number of hydrogen-bond donors (Lipinski definition) is 2. The molecule has 1 fully saturated rings. The Morgan fingerprint density at radius 2 is 2.29 bits per heavy atom. The molecular formula is C11H13N5O. The number of piperazine rings is 1. The quantitative estimate of drug-likeness (QED) is 0.721. The van der Waals surface area contributed by atoms with Crippen LogP contribution in [0.15, 0.2) is 24.4 Å². The van der Waals surface area contributed by atoms with E-state index in [4.69, 9.17) is 0 Å². The van der Waals surface area contributed by atoms with Gasteiger partial charge in [-0.05, 0) is 12.1 Å². The number of aromatic nitrogens is 3. The molecule has 2 aromatic heterocycles. The van der Waals surface area contributed by atoms with Gasteiger partial charge in [0.25, 0.3) is 0 Å². The summed E-state index contributed by atoms with van der Waals surface area (Å²) in [6.45, 7) is 1.49. The minimum Gasteiger partial charge on any atom is -0.353 e. The summed E-state index contributed by atoms with van der Waals surface area (Å²) in [4.78, 5) is 11.6. The van der Waals surface area contributed by atoms with Crippen LogP contribution in [0.2, 0.25) is 0 Å². The van der Waals surface area contributed by atoms with Gasteiger partial charge in [-0.3, -0.25) is 9.20 Å². The maximum Gasteiger partial charge on any atom is 0.237 e. The highest BCUT2D eigenvalue weighted by Crippen LogP contribution is 2.06. The molecule has 0 spiro atoms. The normalized spacial score (nSPS) is 20.5. The lowest BCUT2D eigenvalue weighted by Gasteiger charge is -2.22. The van der Waals surface area contributed by atoms with Crippen molar-refractivity contribution in [3.63, 3.8) is 0 Å². The van der Waals surface area contributed by atoms with Crippen molar-refractivity contribution < 1.29 is 4.79 Å². The summed E-state index contributed by atoms with van der Waals surface area (Å²) in [5, 5.41) is 14.2. The first-order valence-corrected chi connectivity index (χ1v) is 5.64. The van der Waals surface area contributed by atoms with Gasteiger partial charge in [0.15, 0.2) is 5.65 Å². The number of hydrogen-bond acceptors (Lipinski definition) is 4. The number of amides is 1. The standard InChI is InChI=1S/C11H13N5O/c17-11-8(12-4-5-13-11)7-10-15-14-9-3-1-2-6-16(9)10/h1-3,6,8,12H,4-5,7H2,(H,13,17). The van der Waals surface area contributed by atoms with Crippen molar-refractivity contribution in [1.29, 1.82) is 0 Å². The summed E-state index contributed by atoms with van der Waals surface area (Å²) in [6.07, 6.45) is 2.46. The fraction of sp³-hybridized carbons (Fsp3) is 0.364. The fourth-order valence-electron chi connectivity index (χ4n) is 2.03. The third-order valence-electron chi connectivity index (χ3n) is 2.90. The van der Waals surface area contributed by atoms with Crippen LogP contribution < -0.4 is 10.6 Å². The van der Waals surface area contributed by atoms with Crippen molar-refractivity contribution in [2.24, 2.45) is 0 Å². The molecule has 1 aliphatic rings. The van der Waals surface area contributed by atoms with Crippen LogP contribution in [0, 0.1) is 0 Å². The van der Waals surface area contributed by atoms with Crippen LogP contribution in [0.5, 0.6) is 0 Å². The highest BCUT2D eigenvalue weighted by atomic mass is 16.2. The maximum absolute atomic E-state index is 11.6.